The predicted molar refractivity (Wildman–Crippen MR) is 53.8 cm³/mol. The van der Waals surface area contributed by atoms with E-state index in [0.717, 1.165) is 10.9 Å². The predicted octanol–water partition coefficient (Wildman–Crippen LogP) is 2.56. The van der Waals surface area contributed by atoms with Gasteiger partial charge < -0.3 is 4.90 Å². The quantitative estimate of drug-likeness (QED) is 0.569. The van der Waals surface area contributed by atoms with E-state index in [1.54, 1.807) is 11.8 Å². The van der Waals surface area contributed by atoms with Crippen LogP contribution in [0.5, 0.6) is 0 Å². The van der Waals surface area contributed by atoms with Crippen molar-refractivity contribution in [1.29, 1.82) is 0 Å². The van der Waals surface area contributed by atoms with Crippen molar-refractivity contribution in [2.45, 2.75) is 26.8 Å². The molecule has 3 heteroatoms. The van der Waals surface area contributed by atoms with Crippen LogP contribution in [-0.4, -0.2) is 16.1 Å². The minimum atomic E-state index is 0.462. The van der Waals surface area contributed by atoms with E-state index in [2.05, 4.69) is 42.1 Å². The average Bonchev–Trinajstić information content (AvgIpc) is 2.31. The van der Waals surface area contributed by atoms with Crippen LogP contribution in [0.25, 0.3) is 0 Å². The summed E-state index contributed by atoms with van der Waals surface area (Å²) in [5.74, 6) is 0. The van der Waals surface area contributed by atoms with Gasteiger partial charge in [0.05, 0.1) is 6.04 Å². The number of fused-ring (bicyclic) bond motifs is 1. The highest BCUT2D eigenvalue weighted by Gasteiger charge is 2.26. The fourth-order valence-electron chi connectivity index (χ4n) is 1.59. The Morgan fingerprint density at radius 2 is 2.25 bits per heavy atom. The van der Waals surface area contributed by atoms with E-state index in [-0.39, 0.29) is 0 Å². The van der Waals surface area contributed by atoms with Crippen molar-refractivity contribution < 1.29 is 0 Å². The fourth-order valence-corrected chi connectivity index (χ4v) is 2.60. The molecule has 0 fully saturated rings. The molecule has 2 rings (SSSR count). The Balaban J connectivity index is 2.36. The summed E-state index contributed by atoms with van der Waals surface area (Å²) in [5.41, 5.74) is 2.43. The Labute approximate surface area is 77.0 Å². The van der Waals surface area contributed by atoms with Crippen LogP contribution in [0.1, 0.15) is 20.8 Å². The number of hydrogen-bond acceptors (Lipinski definition) is 3. The molecule has 0 spiro atoms. The smallest absolute Gasteiger partial charge is 0.173 e. The average molecular weight is 180 g/mol. The molecule has 0 aromatic rings. The van der Waals surface area contributed by atoms with E-state index in [1.165, 1.54) is 5.70 Å². The van der Waals surface area contributed by atoms with Crippen molar-refractivity contribution in [2.24, 2.45) is 4.99 Å². The van der Waals surface area contributed by atoms with Crippen LogP contribution in [0.3, 0.4) is 0 Å². The van der Waals surface area contributed by atoms with Crippen molar-refractivity contribution in [2.75, 3.05) is 0 Å². The summed E-state index contributed by atoms with van der Waals surface area (Å²) in [6.07, 6.45) is 2.19. The molecule has 0 aliphatic carbocycles. The molecule has 0 N–H and O–H groups in total. The molecular weight excluding hydrogens is 168 g/mol. The summed E-state index contributed by atoms with van der Waals surface area (Å²) < 4.78 is 0. The molecule has 0 amide bonds. The molecule has 12 heavy (non-hydrogen) atoms. The van der Waals surface area contributed by atoms with Crippen molar-refractivity contribution in [3.63, 3.8) is 0 Å². The van der Waals surface area contributed by atoms with Crippen LogP contribution >= 0.6 is 11.8 Å². The van der Waals surface area contributed by atoms with E-state index in [0.29, 0.717) is 6.04 Å². The zero-order valence-corrected chi connectivity index (χ0v) is 8.35. The first kappa shape index (κ1) is 7.92. The molecule has 1 unspecified atom stereocenters. The Morgan fingerprint density at radius 1 is 1.50 bits per heavy atom. The number of amidine groups is 1. The molecule has 2 aliphatic rings. The van der Waals surface area contributed by atoms with E-state index < -0.39 is 0 Å². The molecule has 2 heterocycles. The van der Waals surface area contributed by atoms with Crippen LogP contribution in [0.2, 0.25) is 0 Å². The first-order valence-corrected chi connectivity index (χ1v) is 4.96. The summed E-state index contributed by atoms with van der Waals surface area (Å²) in [5, 5.41) is 3.28. The highest BCUT2D eigenvalue weighted by atomic mass is 32.2. The lowest BCUT2D eigenvalue weighted by Crippen LogP contribution is -2.33. The Kier molecular flexibility index (Phi) is 1.76. The summed E-state index contributed by atoms with van der Waals surface area (Å²) in [4.78, 5) is 6.72. The molecule has 0 radical (unpaired) electrons. The highest BCUT2D eigenvalue weighted by molar-refractivity contribution is 8.16. The summed E-state index contributed by atoms with van der Waals surface area (Å²) in [6.45, 7) is 6.37. The second-order valence-electron chi connectivity index (χ2n) is 3.19. The highest BCUT2D eigenvalue weighted by Crippen LogP contribution is 2.31. The number of aliphatic imine (C=N–C) groups is 1. The van der Waals surface area contributed by atoms with Crippen molar-refractivity contribution >= 4 is 16.9 Å². The molecule has 64 valence electrons. The number of hydrogen-bond donors (Lipinski definition) is 0. The minimum absolute atomic E-state index is 0.462. The van der Waals surface area contributed by atoms with Gasteiger partial charge in [0.2, 0.25) is 0 Å². The van der Waals surface area contributed by atoms with Crippen LogP contribution in [0.4, 0.5) is 0 Å². The van der Waals surface area contributed by atoms with Gasteiger partial charge in [-0.25, -0.2) is 4.99 Å². The summed E-state index contributed by atoms with van der Waals surface area (Å²) >= 11 is 1.71. The summed E-state index contributed by atoms with van der Waals surface area (Å²) in [7, 11) is 0. The zero-order valence-electron chi connectivity index (χ0n) is 7.53. The van der Waals surface area contributed by atoms with Crippen LogP contribution in [-0.2, 0) is 0 Å². The molecule has 0 saturated heterocycles. The van der Waals surface area contributed by atoms with Gasteiger partial charge in [0.25, 0.3) is 0 Å². The molecule has 2 aliphatic heterocycles. The van der Waals surface area contributed by atoms with Gasteiger partial charge >= 0.3 is 0 Å². The van der Waals surface area contributed by atoms with E-state index in [4.69, 9.17) is 0 Å². The van der Waals surface area contributed by atoms with Gasteiger partial charge in [0.1, 0.15) is 0 Å². The van der Waals surface area contributed by atoms with E-state index >= 15 is 0 Å². The van der Waals surface area contributed by atoms with Gasteiger partial charge in [-0.2, -0.15) is 0 Å². The first-order chi connectivity index (χ1) is 5.68. The number of allylic oxidation sites excluding steroid dienone is 2. The van der Waals surface area contributed by atoms with E-state index in [9.17, 15) is 0 Å². The number of rotatable bonds is 0. The second kappa shape index (κ2) is 2.66. The maximum atomic E-state index is 4.46. The molecule has 0 aromatic heterocycles. The second-order valence-corrected chi connectivity index (χ2v) is 4.03. The maximum absolute atomic E-state index is 4.46. The third-order valence-electron chi connectivity index (χ3n) is 2.08. The van der Waals surface area contributed by atoms with Gasteiger partial charge in [-0.3, -0.25) is 0 Å². The van der Waals surface area contributed by atoms with Gasteiger partial charge in [-0.15, -0.1) is 0 Å². The Bertz CT molecular complexity index is 302. The lowest BCUT2D eigenvalue weighted by molar-refractivity contribution is 0.464. The molecular formula is C9H12N2S. The maximum Gasteiger partial charge on any atom is 0.173 e. The lowest BCUT2D eigenvalue weighted by atomic mass is 10.2. The standard InChI is InChI=1S/C9H12N2S/c1-6-4-7(2)11-8(3)5-12-9(11)10-6/h4-5,7H,1-3H3. The van der Waals surface area contributed by atoms with Crippen molar-refractivity contribution in [3.8, 4) is 0 Å². The van der Waals surface area contributed by atoms with Crippen LogP contribution < -0.4 is 0 Å². The monoisotopic (exact) mass is 180 g/mol. The van der Waals surface area contributed by atoms with Crippen LogP contribution in [0, 0.1) is 0 Å². The fraction of sp³-hybridized carbons (Fsp3) is 0.444. The Hall–Kier alpha value is -0.700. The van der Waals surface area contributed by atoms with Gasteiger partial charge in [0.15, 0.2) is 5.17 Å². The van der Waals surface area contributed by atoms with Gasteiger partial charge in [-0.1, -0.05) is 11.8 Å². The number of thioether (sulfide) groups is 1. The molecule has 0 saturated carbocycles. The third kappa shape index (κ3) is 1.08. The molecule has 1 atom stereocenters. The topological polar surface area (TPSA) is 15.6 Å². The molecule has 0 aromatic carbocycles. The van der Waals surface area contributed by atoms with Crippen molar-refractivity contribution in [1.82, 2.24) is 4.90 Å². The van der Waals surface area contributed by atoms with Crippen LogP contribution in [0.15, 0.2) is 27.9 Å². The third-order valence-corrected chi connectivity index (χ3v) is 3.04. The van der Waals surface area contributed by atoms with Gasteiger partial charge in [-0.05, 0) is 32.3 Å². The molecule has 0 bridgehead atoms. The lowest BCUT2D eigenvalue weighted by Gasteiger charge is -2.28. The summed E-state index contributed by atoms with van der Waals surface area (Å²) in [6, 6.07) is 0.462. The minimum Gasteiger partial charge on any atom is -0.318 e. The Morgan fingerprint density at radius 3 is 3.00 bits per heavy atom. The molecule has 2 nitrogen and oxygen atoms in total. The zero-order chi connectivity index (χ0) is 8.72. The first-order valence-electron chi connectivity index (χ1n) is 4.08. The van der Waals surface area contributed by atoms with Crippen molar-refractivity contribution in [3.05, 3.63) is 22.9 Å². The normalized spacial score (nSPS) is 27.8. The SMILES string of the molecule is CC1=CC(C)N2C(C)=CSC2=N1. The van der Waals surface area contributed by atoms with E-state index in [1.807, 2.05) is 0 Å². The number of nitrogens with zero attached hydrogens (tertiary/aromatic N) is 2. The largest absolute Gasteiger partial charge is 0.318 e. The van der Waals surface area contributed by atoms with Gasteiger partial charge in [0, 0.05) is 11.4 Å².